The van der Waals surface area contributed by atoms with Gasteiger partial charge in [0.1, 0.15) is 6.10 Å². The van der Waals surface area contributed by atoms with Crippen LogP contribution >= 0.6 is 0 Å². The number of amides is 1. The zero-order valence-corrected chi connectivity index (χ0v) is 20.9. The third-order valence-corrected chi connectivity index (χ3v) is 12.0. The van der Waals surface area contributed by atoms with Gasteiger partial charge in [-0.2, -0.15) is 0 Å². The molecule has 3 fully saturated rings. The third kappa shape index (κ3) is 4.30. The first-order valence-electron chi connectivity index (χ1n) is 11.4. The van der Waals surface area contributed by atoms with Gasteiger partial charge in [-0.3, -0.25) is 4.90 Å². The summed E-state index contributed by atoms with van der Waals surface area (Å²) >= 11 is 0. The second-order valence-electron chi connectivity index (χ2n) is 11.1. The standard InChI is InChI=1S/C24H37NO5Si/c1-23(2,3)31(6,7)27-14-13-17-18-20(21-19(17)29-24(4,5)30-21)28-22(26)25(18)15-16-11-9-8-10-12-16/h8-12,17-21H,13-15H2,1-7H3/t17-,18-,19-,20-,21-/m0/s1. The highest BCUT2D eigenvalue weighted by Crippen LogP contribution is 2.49. The Morgan fingerprint density at radius 2 is 1.71 bits per heavy atom. The van der Waals surface area contributed by atoms with Crippen molar-refractivity contribution >= 4 is 14.4 Å². The Morgan fingerprint density at radius 3 is 2.35 bits per heavy atom. The maximum Gasteiger partial charge on any atom is 0.410 e. The smallest absolute Gasteiger partial charge is 0.410 e. The summed E-state index contributed by atoms with van der Waals surface area (Å²) in [5, 5.41) is 0.161. The first-order chi connectivity index (χ1) is 14.4. The fourth-order valence-electron chi connectivity index (χ4n) is 4.84. The highest BCUT2D eigenvalue weighted by molar-refractivity contribution is 6.74. The van der Waals surface area contributed by atoms with Gasteiger partial charge in [-0.25, -0.2) is 4.79 Å². The van der Waals surface area contributed by atoms with Crippen LogP contribution in [0.2, 0.25) is 18.1 Å². The van der Waals surface area contributed by atoms with Gasteiger partial charge < -0.3 is 18.6 Å². The summed E-state index contributed by atoms with van der Waals surface area (Å²) in [6.07, 6.45) is -0.0836. The number of benzene rings is 1. The van der Waals surface area contributed by atoms with Gasteiger partial charge in [0.25, 0.3) is 0 Å². The minimum Gasteiger partial charge on any atom is -0.441 e. The Bertz CT molecular complexity index is 806. The number of rotatable bonds is 6. The number of hydrogen-bond donors (Lipinski definition) is 0. The molecule has 31 heavy (non-hydrogen) atoms. The maximum absolute atomic E-state index is 12.8. The summed E-state index contributed by atoms with van der Waals surface area (Å²) in [4.78, 5) is 14.7. The monoisotopic (exact) mass is 447 g/mol. The van der Waals surface area contributed by atoms with Crippen molar-refractivity contribution < 1.29 is 23.4 Å². The predicted octanol–water partition coefficient (Wildman–Crippen LogP) is 4.94. The summed E-state index contributed by atoms with van der Waals surface area (Å²) in [7, 11) is -1.85. The summed E-state index contributed by atoms with van der Waals surface area (Å²) < 4.78 is 24.9. The second kappa shape index (κ2) is 7.87. The molecule has 7 heteroatoms. The molecule has 172 valence electrons. The van der Waals surface area contributed by atoms with Crippen molar-refractivity contribution in [3.05, 3.63) is 35.9 Å². The van der Waals surface area contributed by atoms with E-state index in [4.69, 9.17) is 18.6 Å². The highest BCUT2D eigenvalue weighted by Gasteiger charge is 2.65. The van der Waals surface area contributed by atoms with Crippen LogP contribution < -0.4 is 0 Å². The average molecular weight is 448 g/mol. The molecule has 2 saturated heterocycles. The maximum atomic E-state index is 12.8. The number of fused-ring (bicyclic) bond motifs is 3. The number of carbonyl (C=O) groups excluding carboxylic acids is 1. The Morgan fingerprint density at radius 1 is 1.06 bits per heavy atom. The Balaban J connectivity index is 1.54. The van der Waals surface area contributed by atoms with Gasteiger partial charge in [0, 0.05) is 19.1 Å². The van der Waals surface area contributed by atoms with E-state index in [-0.39, 0.29) is 41.4 Å². The molecule has 1 saturated carbocycles. The Labute approximate surface area is 187 Å². The van der Waals surface area contributed by atoms with Crippen molar-refractivity contribution in [3.8, 4) is 0 Å². The van der Waals surface area contributed by atoms with Crippen LogP contribution in [0.3, 0.4) is 0 Å². The SMILES string of the molecule is CC1(C)O[C@@H]2[C@H]3OC(=O)N(Cc4ccccc4)[C@H]3[C@H](CCO[Si](C)(C)C(C)(C)C)[C@@H]2O1. The lowest BCUT2D eigenvalue weighted by molar-refractivity contribution is -0.168. The molecule has 0 unspecified atom stereocenters. The van der Waals surface area contributed by atoms with Gasteiger partial charge in [0.15, 0.2) is 20.2 Å². The molecule has 1 aromatic rings. The summed E-state index contributed by atoms with van der Waals surface area (Å²) in [6.45, 7) is 16.4. The van der Waals surface area contributed by atoms with Crippen LogP contribution in [0.25, 0.3) is 0 Å². The largest absolute Gasteiger partial charge is 0.441 e. The van der Waals surface area contributed by atoms with Crippen molar-refractivity contribution in [2.45, 2.75) is 95.9 Å². The van der Waals surface area contributed by atoms with Crippen molar-refractivity contribution in [1.29, 1.82) is 0 Å². The van der Waals surface area contributed by atoms with Gasteiger partial charge in [0.2, 0.25) is 0 Å². The first kappa shape index (κ1) is 22.8. The number of ether oxygens (including phenoxy) is 3. The predicted molar refractivity (Wildman–Crippen MR) is 121 cm³/mol. The van der Waals surface area contributed by atoms with E-state index in [0.717, 1.165) is 12.0 Å². The van der Waals surface area contributed by atoms with Gasteiger partial charge in [-0.15, -0.1) is 0 Å². The summed E-state index contributed by atoms with van der Waals surface area (Å²) in [6, 6.07) is 10.00. The molecule has 0 bridgehead atoms. The number of hydrogen-bond acceptors (Lipinski definition) is 5. The van der Waals surface area contributed by atoms with Crippen LogP contribution in [-0.2, 0) is 25.2 Å². The molecule has 0 spiro atoms. The number of carbonyl (C=O) groups is 1. The van der Waals surface area contributed by atoms with E-state index in [0.29, 0.717) is 13.2 Å². The molecule has 4 rings (SSSR count). The normalized spacial score (nSPS) is 32.2. The van der Waals surface area contributed by atoms with E-state index in [2.05, 4.69) is 33.9 Å². The minimum atomic E-state index is -1.85. The quantitative estimate of drug-likeness (QED) is 0.578. The molecule has 1 amide bonds. The first-order valence-corrected chi connectivity index (χ1v) is 14.3. The zero-order valence-electron chi connectivity index (χ0n) is 19.9. The lowest BCUT2D eigenvalue weighted by Gasteiger charge is -2.37. The molecular formula is C24H37NO5Si. The van der Waals surface area contributed by atoms with E-state index < -0.39 is 14.1 Å². The van der Waals surface area contributed by atoms with Crippen LogP contribution in [0.1, 0.15) is 46.6 Å². The van der Waals surface area contributed by atoms with Crippen LogP contribution in [0, 0.1) is 5.92 Å². The minimum absolute atomic E-state index is 0.0678. The van der Waals surface area contributed by atoms with E-state index in [1.807, 2.05) is 49.1 Å². The fraction of sp³-hybridized carbons (Fsp3) is 0.708. The van der Waals surface area contributed by atoms with Crippen LogP contribution in [-0.4, -0.2) is 56.1 Å². The molecule has 2 aliphatic heterocycles. The molecule has 2 heterocycles. The molecule has 1 aliphatic carbocycles. The zero-order chi connectivity index (χ0) is 22.6. The lowest BCUT2D eigenvalue weighted by atomic mass is 9.96. The molecule has 6 nitrogen and oxygen atoms in total. The molecule has 5 atom stereocenters. The van der Waals surface area contributed by atoms with E-state index in [1.165, 1.54) is 0 Å². The van der Waals surface area contributed by atoms with Gasteiger partial charge in [-0.1, -0.05) is 51.1 Å². The van der Waals surface area contributed by atoms with Crippen molar-refractivity contribution in [2.24, 2.45) is 5.92 Å². The molecular weight excluding hydrogens is 410 g/mol. The topological polar surface area (TPSA) is 57.2 Å². The van der Waals surface area contributed by atoms with Gasteiger partial charge in [0.05, 0.1) is 12.1 Å². The molecule has 0 N–H and O–H groups in total. The van der Waals surface area contributed by atoms with E-state index in [9.17, 15) is 4.79 Å². The fourth-order valence-corrected chi connectivity index (χ4v) is 5.90. The highest BCUT2D eigenvalue weighted by atomic mass is 28.4. The summed E-state index contributed by atoms with van der Waals surface area (Å²) in [5.74, 6) is -0.560. The molecule has 0 aromatic heterocycles. The van der Waals surface area contributed by atoms with Crippen molar-refractivity contribution in [3.63, 3.8) is 0 Å². The van der Waals surface area contributed by atoms with Gasteiger partial charge in [-0.05, 0) is 44.0 Å². The van der Waals surface area contributed by atoms with E-state index >= 15 is 0 Å². The Kier molecular flexibility index (Phi) is 5.78. The molecule has 1 aromatic carbocycles. The van der Waals surface area contributed by atoms with Crippen LogP contribution in [0.5, 0.6) is 0 Å². The number of nitrogens with zero attached hydrogens (tertiary/aromatic N) is 1. The van der Waals surface area contributed by atoms with Gasteiger partial charge >= 0.3 is 6.09 Å². The summed E-state index contributed by atoms with van der Waals surface area (Å²) in [5.41, 5.74) is 1.09. The third-order valence-electron chi connectivity index (χ3n) is 7.43. The van der Waals surface area contributed by atoms with Crippen LogP contribution in [0.4, 0.5) is 4.79 Å². The van der Waals surface area contributed by atoms with Crippen molar-refractivity contribution in [1.82, 2.24) is 4.90 Å². The van der Waals surface area contributed by atoms with Crippen molar-refractivity contribution in [2.75, 3.05) is 6.61 Å². The molecule has 0 radical (unpaired) electrons. The Hall–Kier alpha value is -1.41. The lowest BCUT2D eigenvalue weighted by Crippen LogP contribution is -2.44. The second-order valence-corrected chi connectivity index (χ2v) is 15.9. The van der Waals surface area contributed by atoms with E-state index in [1.54, 1.807) is 0 Å². The van der Waals surface area contributed by atoms with Crippen LogP contribution in [0.15, 0.2) is 30.3 Å². The molecule has 3 aliphatic rings. The average Bonchev–Trinajstić information content (AvgIpc) is 3.23.